The smallest absolute Gasteiger partial charge is 0.290 e. The van der Waals surface area contributed by atoms with Crippen molar-refractivity contribution in [3.05, 3.63) is 12.1 Å². The van der Waals surface area contributed by atoms with Gasteiger partial charge in [-0.1, -0.05) is 18.2 Å². The molecule has 4 nitrogen and oxygen atoms in total. The summed E-state index contributed by atoms with van der Waals surface area (Å²) in [5.74, 6) is 0. The first kappa shape index (κ1) is 15.7. The highest BCUT2D eigenvalue weighted by atomic mass is 35.5. The Morgan fingerprint density at radius 1 is 1.22 bits per heavy atom. The first-order chi connectivity index (χ1) is 4.24. The molecule has 54 valence electrons. The molecule has 0 rings (SSSR count). The van der Waals surface area contributed by atoms with Crippen molar-refractivity contribution in [1.29, 1.82) is 0 Å². The number of carbonyl (C=O) groups is 2. The maximum atomic E-state index is 8.36. The molecule has 0 aliphatic carbocycles. The summed E-state index contributed by atoms with van der Waals surface area (Å²) < 4.78 is 0. The Labute approximate surface area is 57.4 Å². The third-order valence-corrected chi connectivity index (χ3v) is 0. The molecule has 0 radical (unpaired) electrons. The van der Waals surface area contributed by atoms with Crippen LogP contribution in [0.4, 0.5) is 0 Å². The molecular formula is C4H7ClO4. The van der Waals surface area contributed by atoms with Gasteiger partial charge in [0.05, 0.1) is 0 Å². The third kappa shape index (κ3) is 162. The molecule has 0 amide bonds. The highest BCUT2D eigenvalue weighted by Gasteiger charge is 1.22. The number of hydrogen-bond acceptors (Lipinski definition) is 2. The minimum absolute atomic E-state index is 0.250. The first-order valence-corrected chi connectivity index (χ1v) is 2.05. The van der Waals surface area contributed by atoms with Gasteiger partial charge in [0.1, 0.15) is 0 Å². The quantitative estimate of drug-likeness (QED) is 0.506. The lowest BCUT2D eigenvalue weighted by atomic mass is 11.3. The Kier molecular flexibility index (Phi) is 111. The van der Waals surface area contributed by atoms with Gasteiger partial charge in [0.2, 0.25) is 0 Å². The number of hydrogen-bond donors (Lipinski definition) is 2. The fourth-order valence-corrected chi connectivity index (χ4v) is 0. The predicted octanol–water partition coefficient (Wildman–Crippen LogP) is 0.770. The summed E-state index contributed by atoms with van der Waals surface area (Å²) in [6, 6.07) is 0. The van der Waals surface area contributed by atoms with Gasteiger partial charge in [-0.25, -0.2) is 0 Å². The fraction of sp³-hybridized carbons (Fsp3) is 0. The Bertz CT molecular complexity index is 49.3. The molecule has 0 aromatic heterocycles. The second-order valence-electron chi connectivity index (χ2n) is 0.365. The van der Waals surface area contributed by atoms with Gasteiger partial charge in [-0.05, 0) is 5.54 Å². The van der Waals surface area contributed by atoms with Crippen molar-refractivity contribution < 1.29 is 19.8 Å². The summed E-state index contributed by atoms with van der Waals surface area (Å²) in [6.07, 6.45) is 0. The number of rotatable bonds is 0. The van der Waals surface area contributed by atoms with Crippen molar-refractivity contribution in [3.63, 3.8) is 0 Å². The van der Waals surface area contributed by atoms with Crippen molar-refractivity contribution in [1.82, 2.24) is 0 Å². The molecule has 0 unspecified atom stereocenters. The van der Waals surface area contributed by atoms with Crippen LogP contribution in [0.1, 0.15) is 0 Å². The van der Waals surface area contributed by atoms with Gasteiger partial charge < -0.3 is 10.2 Å². The molecule has 2 N–H and O–H groups in total. The lowest BCUT2D eigenvalue weighted by molar-refractivity contribution is -0.123. The van der Waals surface area contributed by atoms with Crippen LogP contribution in [0.5, 0.6) is 0 Å². The monoisotopic (exact) mass is 154 g/mol. The molecule has 0 aliphatic rings. The molecule has 0 aromatic rings. The average Bonchev–Trinajstić information content (AvgIpc) is 1.70. The molecule has 0 atom stereocenters. The van der Waals surface area contributed by atoms with E-state index in [1.54, 1.807) is 0 Å². The highest BCUT2D eigenvalue weighted by Crippen LogP contribution is 1.60. The molecule has 5 heteroatoms. The van der Waals surface area contributed by atoms with E-state index < -0.39 is 0 Å². The molecular weight excluding hydrogens is 147 g/mol. The van der Waals surface area contributed by atoms with Gasteiger partial charge in [0.25, 0.3) is 12.9 Å². The molecule has 0 spiro atoms. The zero-order valence-electron chi connectivity index (χ0n) is 4.53. The molecule has 0 saturated heterocycles. The highest BCUT2D eigenvalue weighted by molar-refractivity contribution is 6.25. The number of halogens is 1. The van der Waals surface area contributed by atoms with Gasteiger partial charge in [-0.15, -0.1) is 0 Å². The average molecular weight is 155 g/mol. The topological polar surface area (TPSA) is 74.6 Å². The zero-order valence-corrected chi connectivity index (χ0v) is 5.28. The largest absolute Gasteiger partial charge is 0.483 e. The van der Waals surface area contributed by atoms with E-state index in [1.807, 2.05) is 0 Å². The Morgan fingerprint density at radius 3 is 1.22 bits per heavy atom. The predicted molar refractivity (Wildman–Crippen MR) is 33.4 cm³/mol. The Morgan fingerprint density at radius 2 is 1.22 bits per heavy atom. The molecule has 9 heavy (non-hydrogen) atoms. The maximum Gasteiger partial charge on any atom is 0.290 e. The minimum atomic E-state index is -0.250. The van der Waals surface area contributed by atoms with E-state index in [4.69, 9.17) is 31.4 Å². The summed E-state index contributed by atoms with van der Waals surface area (Å²) in [4.78, 5) is 16.7. The molecule has 0 bridgehead atoms. The summed E-state index contributed by atoms with van der Waals surface area (Å²) in [7, 11) is 0. The maximum absolute atomic E-state index is 8.36. The van der Waals surface area contributed by atoms with Crippen LogP contribution in [-0.2, 0) is 9.59 Å². The Balaban J connectivity index is -0.0000000600. The molecule has 0 aromatic carbocycles. The van der Waals surface area contributed by atoms with Crippen LogP contribution in [-0.4, -0.2) is 23.2 Å². The first-order valence-electron chi connectivity index (χ1n) is 1.61. The van der Waals surface area contributed by atoms with E-state index in [9.17, 15) is 0 Å². The molecule has 0 saturated carbocycles. The molecule has 0 heterocycles. The van der Waals surface area contributed by atoms with Gasteiger partial charge in [0.15, 0.2) is 0 Å². The van der Waals surface area contributed by atoms with E-state index >= 15 is 0 Å². The normalized spacial score (nSPS) is 4.11. The second-order valence-corrected chi connectivity index (χ2v) is 0.674. The lowest BCUT2D eigenvalue weighted by Gasteiger charge is -1.34. The molecule has 0 fully saturated rings. The van der Waals surface area contributed by atoms with Gasteiger partial charge in [-0.2, -0.15) is 0 Å². The van der Waals surface area contributed by atoms with Crippen LogP contribution in [0.2, 0.25) is 0 Å². The summed E-state index contributed by atoms with van der Waals surface area (Å²) in [6.45, 7) is 2.63. The van der Waals surface area contributed by atoms with Crippen molar-refractivity contribution >= 4 is 24.5 Å². The zero-order chi connectivity index (χ0) is 8.12. The van der Waals surface area contributed by atoms with Crippen molar-refractivity contribution in [3.8, 4) is 0 Å². The van der Waals surface area contributed by atoms with Crippen LogP contribution in [0.15, 0.2) is 12.1 Å². The van der Waals surface area contributed by atoms with Crippen molar-refractivity contribution in [2.75, 3.05) is 0 Å². The standard InChI is InChI=1S/C2H3Cl.2CH2O2/c1-2-3;2*2-1-3/h2H,1H2;2*1H,(H,2,3). The Hall–Kier alpha value is -1.03. The van der Waals surface area contributed by atoms with Crippen LogP contribution < -0.4 is 0 Å². The van der Waals surface area contributed by atoms with Gasteiger partial charge in [0, 0.05) is 0 Å². The van der Waals surface area contributed by atoms with E-state index in [0.29, 0.717) is 0 Å². The van der Waals surface area contributed by atoms with E-state index in [1.165, 1.54) is 5.54 Å². The summed E-state index contributed by atoms with van der Waals surface area (Å²) in [5.41, 5.74) is 1.22. The van der Waals surface area contributed by atoms with Crippen LogP contribution in [0, 0.1) is 0 Å². The lowest BCUT2D eigenvalue weighted by Crippen LogP contribution is -1.49. The second kappa shape index (κ2) is 64.0. The molecule has 0 aliphatic heterocycles. The number of carboxylic acid groups (broad SMARTS) is 2. The summed E-state index contributed by atoms with van der Waals surface area (Å²) >= 11 is 4.76. The van der Waals surface area contributed by atoms with E-state index in [-0.39, 0.29) is 12.9 Å². The van der Waals surface area contributed by atoms with Crippen LogP contribution in [0.25, 0.3) is 0 Å². The third-order valence-electron chi connectivity index (χ3n) is 0. The van der Waals surface area contributed by atoms with Crippen molar-refractivity contribution in [2.24, 2.45) is 0 Å². The van der Waals surface area contributed by atoms with Gasteiger partial charge >= 0.3 is 0 Å². The van der Waals surface area contributed by atoms with Crippen molar-refractivity contribution in [2.45, 2.75) is 0 Å². The van der Waals surface area contributed by atoms with Crippen LogP contribution in [0.3, 0.4) is 0 Å². The fourth-order valence-electron chi connectivity index (χ4n) is 0. The van der Waals surface area contributed by atoms with E-state index in [0.717, 1.165) is 0 Å². The van der Waals surface area contributed by atoms with Gasteiger partial charge in [-0.3, -0.25) is 9.59 Å². The van der Waals surface area contributed by atoms with Crippen LogP contribution >= 0.6 is 11.6 Å². The summed E-state index contributed by atoms with van der Waals surface area (Å²) in [5, 5.41) is 13.8. The minimum Gasteiger partial charge on any atom is -0.483 e. The van der Waals surface area contributed by atoms with E-state index in [2.05, 4.69) is 6.58 Å². The SMILES string of the molecule is C=CCl.O=CO.O=CO.